The van der Waals surface area contributed by atoms with E-state index < -0.39 is 6.10 Å². The Morgan fingerprint density at radius 3 is 2.12 bits per heavy atom. The van der Waals surface area contributed by atoms with Crippen LogP contribution in [0.15, 0.2) is 48.5 Å². The topological polar surface area (TPSA) is 42.0 Å². The predicted octanol–water partition coefficient (Wildman–Crippen LogP) is 3.46. The van der Waals surface area contributed by atoms with Gasteiger partial charge in [-0.15, -0.1) is 0 Å². The number of hydrogen-bond acceptors (Lipinski definition) is 4. The molecule has 1 aliphatic heterocycles. The van der Waals surface area contributed by atoms with Crippen LogP contribution in [0.2, 0.25) is 5.02 Å². The Morgan fingerprint density at radius 2 is 1.54 bits per heavy atom. The highest BCUT2D eigenvalue weighted by Gasteiger charge is 2.26. The highest BCUT2D eigenvalue weighted by molar-refractivity contribution is 6.30. The molecule has 1 amide bonds. The second kappa shape index (κ2) is 8.32. The van der Waals surface area contributed by atoms with Crippen LogP contribution in [0, 0.1) is 0 Å². The van der Waals surface area contributed by atoms with Crippen LogP contribution in [0.5, 0.6) is 11.5 Å². The summed E-state index contributed by atoms with van der Waals surface area (Å²) in [5.41, 5.74) is 1.14. The molecule has 0 spiro atoms. The molecule has 2 aromatic carbocycles. The molecule has 0 bridgehead atoms. The van der Waals surface area contributed by atoms with Crippen molar-refractivity contribution in [2.75, 3.05) is 38.2 Å². The minimum absolute atomic E-state index is 0.00864. The van der Waals surface area contributed by atoms with E-state index in [1.165, 1.54) is 0 Å². The van der Waals surface area contributed by atoms with Crippen molar-refractivity contribution in [2.24, 2.45) is 0 Å². The van der Waals surface area contributed by atoms with Crippen LogP contribution in [-0.4, -0.2) is 50.2 Å². The molecule has 1 heterocycles. The monoisotopic (exact) mass is 374 g/mol. The summed E-state index contributed by atoms with van der Waals surface area (Å²) in [6, 6.07) is 15.0. The second-order valence-electron chi connectivity index (χ2n) is 6.22. The zero-order valence-corrected chi connectivity index (χ0v) is 15.8. The molecule has 1 fully saturated rings. The number of halogens is 1. The SMILES string of the molecule is COc1ccc(N2CCN(C(=O)C(C)Oc3ccc(Cl)cc3)CC2)cc1. The van der Waals surface area contributed by atoms with Gasteiger partial charge in [0.25, 0.3) is 5.91 Å². The molecule has 0 radical (unpaired) electrons. The van der Waals surface area contributed by atoms with Crippen molar-refractivity contribution in [1.29, 1.82) is 0 Å². The van der Waals surface area contributed by atoms with Crippen molar-refractivity contribution in [3.05, 3.63) is 53.6 Å². The van der Waals surface area contributed by atoms with Crippen LogP contribution in [0.1, 0.15) is 6.92 Å². The number of carbonyl (C=O) groups excluding carboxylic acids is 1. The lowest BCUT2D eigenvalue weighted by Crippen LogP contribution is -2.52. The van der Waals surface area contributed by atoms with Gasteiger partial charge in [0, 0.05) is 36.9 Å². The lowest BCUT2D eigenvalue weighted by atomic mass is 10.2. The zero-order valence-electron chi connectivity index (χ0n) is 15.0. The van der Waals surface area contributed by atoms with Crippen LogP contribution in [0.3, 0.4) is 0 Å². The van der Waals surface area contributed by atoms with Crippen molar-refractivity contribution in [3.63, 3.8) is 0 Å². The van der Waals surface area contributed by atoms with Crippen molar-refractivity contribution in [2.45, 2.75) is 13.0 Å². The van der Waals surface area contributed by atoms with Crippen molar-refractivity contribution < 1.29 is 14.3 Å². The number of amides is 1. The van der Waals surface area contributed by atoms with Crippen LogP contribution >= 0.6 is 11.6 Å². The number of benzene rings is 2. The van der Waals surface area contributed by atoms with Crippen LogP contribution in [0.25, 0.3) is 0 Å². The summed E-state index contributed by atoms with van der Waals surface area (Å²) in [6.07, 6.45) is -0.524. The van der Waals surface area contributed by atoms with E-state index in [4.69, 9.17) is 21.1 Å². The largest absolute Gasteiger partial charge is 0.497 e. The van der Waals surface area contributed by atoms with Gasteiger partial charge < -0.3 is 19.3 Å². The number of piperazine rings is 1. The molecular formula is C20H23ClN2O3. The molecule has 0 saturated carbocycles. The van der Waals surface area contributed by atoms with Gasteiger partial charge in [-0.3, -0.25) is 4.79 Å². The summed E-state index contributed by atoms with van der Waals surface area (Å²) < 4.78 is 10.9. The molecule has 6 heteroatoms. The number of methoxy groups -OCH3 is 1. The average Bonchev–Trinajstić information content (AvgIpc) is 2.69. The second-order valence-corrected chi connectivity index (χ2v) is 6.66. The van der Waals surface area contributed by atoms with Crippen molar-refractivity contribution in [1.82, 2.24) is 4.90 Å². The van der Waals surface area contributed by atoms with Gasteiger partial charge in [0.15, 0.2) is 6.10 Å². The van der Waals surface area contributed by atoms with E-state index in [-0.39, 0.29) is 5.91 Å². The van der Waals surface area contributed by atoms with Crippen LogP contribution in [0.4, 0.5) is 5.69 Å². The maximum absolute atomic E-state index is 12.6. The van der Waals surface area contributed by atoms with E-state index in [0.29, 0.717) is 23.9 Å². The average molecular weight is 375 g/mol. The highest BCUT2D eigenvalue weighted by atomic mass is 35.5. The van der Waals surface area contributed by atoms with E-state index >= 15 is 0 Å². The highest BCUT2D eigenvalue weighted by Crippen LogP contribution is 2.21. The summed E-state index contributed by atoms with van der Waals surface area (Å²) in [7, 11) is 1.66. The lowest BCUT2D eigenvalue weighted by Gasteiger charge is -2.37. The number of carbonyl (C=O) groups is 1. The summed E-state index contributed by atoms with van der Waals surface area (Å²) in [6.45, 7) is 4.74. The molecule has 0 aromatic heterocycles. The van der Waals surface area contributed by atoms with Crippen LogP contribution in [-0.2, 0) is 4.79 Å². The molecule has 26 heavy (non-hydrogen) atoms. The van der Waals surface area contributed by atoms with Gasteiger partial charge in [-0.2, -0.15) is 0 Å². The number of rotatable bonds is 5. The van der Waals surface area contributed by atoms with Gasteiger partial charge in [-0.05, 0) is 55.5 Å². The Bertz CT molecular complexity index is 726. The number of anilines is 1. The molecule has 2 aromatic rings. The Kier molecular flexibility index (Phi) is 5.89. The Hall–Kier alpha value is -2.40. The van der Waals surface area contributed by atoms with Gasteiger partial charge in [-0.25, -0.2) is 0 Å². The third kappa shape index (κ3) is 4.41. The fourth-order valence-electron chi connectivity index (χ4n) is 3.00. The smallest absolute Gasteiger partial charge is 0.263 e. The maximum Gasteiger partial charge on any atom is 0.263 e. The minimum Gasteiger partial charge on any atom is -0.497 e. The van der Waals surface area contributed by atoms with Gasteiger partial charge in [0.1, 0.15) is 11.5 Å². The first kappa shape index (κ1) is 18.4. The fourth-order valence-corrected chi connectivity index (χ4v) is 3.13. The molecule has 1 aliphatic rings. The number of ether oxygens (including phenoxy) is 2. The van der Waals surface area contributed by atoms with Gasteiger partial charge >= 0.3 is 0 Å². The quantitative estimate of drug-likeness (QED) is 0.803. The first-order valence-electron chi connectivity index (χ1n) is 8.67. The van der Waals surface area contributed by atoms with Crippen LogP contribution < -0.4 is 14.4 Å². The van der Waals surface area contributed by atoms with Crippen molar-refractivity contribution in [3.8, 4) is 11.5 Å². The molecule has 1 unspecified atom stereocenters. The van der Waals surface area contributed by atoms with E-state index in [0.717, 1.165) is 24.5 Å². The molecule has 3 rings (SSSR count). The molecule has 1 atom stereocenters. The molecule has 5 nitrogen and oxygen atoms in total. The number of nitrogens with zero attached hydrogens (tertiary/aromatic N) is 2. The predicted molar refractivity (Wildman–Crippen MR) is 103 cm³/mol. The standard InChI is InChI=1S/C20H23ClN2O3/c1-15(26-19-7-3-16(21)4-8-19)20(24)23-13-11-22(12-14-23)17-5-9-18(25-2)10-6-17/h3-10,15H,11-14H2,1-2H3. The molecule has 0 aliphatic carbocycles. The Labute approximate surface area is 159 Å². The summed E-state index contributed by atoms with van der Waals surface area (Å²) in [4.78, 5) is 16.8. The summed E-state index contributed by atoms with van der Waals surface area (Å²) in [5, 5.41) is 0.644. The molecule has 0 N–H and O–H groups in total. The molecule has 138 valence electrons. The molecular weight excluding hydrogens is 352 g/mol. The number of hydrogen-bond donors (Lipinski definition) is 0. The Balaban J connectivity index is 1.53. The van der Waals surface area contributed by atoms with Gasteiger partial charge in [0.2, 0.25) is 0 Å². The molecule has 1 saturated heterocycles. The lowest BCUT2D eigenvalue weighted by molar-refractivity contribution is -0.138. The first-order chi connectivity index (χ1) is 12.6. The van der Waals surface area contributed by atoms with Crippen molar-refractivity contribution >= 4 is 23.2 Å². The Morgan fingerprint density at radius 1 is 0.962 bits per heavy atom. The summed E-state index contributed by atoms with van der Waals surface area (Å²) in [5.74, 6) is 1.50. The zero-order chi connectivity index (χ0) is 18.5. The van der Waals surface area contributed by atoms with E-state index in [1.54, 1.807) is 38.3 Å². The van der Waals surface area contributed by atoms with E-state index in [1.807, 2.05) is 29.2 Å². The minimum atomic E-state index is -0.524. The third-order valence-corrected chi connectivity index (χ3v) is 4.76. The fraction of sp³-hybridized carbons (Fsp3) is 0.350. The van der Waals surface area contributed by atoms with Gasteiger partial charge in [0.05, 0.1) is 7.11 Å². The third-order valence-electron chi connectivity index (χ3n) is 4.50. The van der Waals surface area contributed by atoms with E-state index in [2.05, 4.69) is 4.90 Å². The van der Waals surface area contributed by atoms with E-state index in [9.17, 15) is 4.79 Å². The van der Waals surface area contributed by atoms with Gasteiger partial charge in [-0.1, -0.05) is 11.6 Å². The normalized spacial score (nSPS) is 15.5. The first-order valence-corrected chi connectivity index (χ1v) is 9.04. The summed E-state index contributed by atoms with van der Waals surface area (Å²) >= 11 is 5.87. The maximum atomic E-state index is 12.6.